The zero-order valence-corrected chi connectivity index (χ0v) is 19.5. The van der Waals surface area contributed by atoms with Crippen LogP contribution in [0.25, 0.3) is 11.1 Å². The highest BCUT2D eigenvalue weighted by molar-refractivity contribution is 5.81. The summed E-state index contributed by atoms with van der Waals surface area (Å²) in [7, 11) is 0. The summed E-state index contributed by atoms with van der Waals surface area (Å²) in [6.07, 6.45) is 3.09. The van der Waals surface area contributed by atoms with Gasteiger partial charge in [-0.25, -0.2) is 4.79 Å². The van der Waals surface area contributed by atoms with Crippen LogP contribution in [0.4, 0.5) is 4.79 Å². The fourth-order valence-corrected chi connectivity index (χ4v) is 5.17. The van der Waals surface area contributed by atoms with E-state index in [9.17, 15) is 19.5 Å². The van der Waals surface area contributed by atoms with Gasteiger partial charge in [-0.15, -0.1) is 0 Å². The summed E-state index contributed by atoms with van der Waals surface area (Å²) in [5.74, 6) is -2.14. The minimum atomic E-state index is -0.917. The molecule has 0 aromatic heterocycles. The molecule has 3 atom stereocenters. The number of alkyl carbamates (subject to hydrolysis) is 1. The van der Waals surface area contributed by atoms with Gasteiger partial charge in [-0.3, -0.25) is 9.59 Å². The minimum Gasteiger partial charge on any atom is -0.481 e. The second-order valence-electron chi connectivity index (χ2n) is 9.16. The van der Waals surface area contributed by atoms with E-state index in [1.807, 2.05) is 24.3 Å². The Morgan fingerprint density at radius 1 is 1.00 bits per heavy atom. The van der Waals surface area contributed by atoms with Gasteiger partial charge in [0.05, 0.1) is 11.8 Å². The molecule has 2 aliphatic carbocycles. The van der Waals surface area contributed by atoms with Crippen LogP contribution in [0.1, 0.15) is 56.1 Å². The molecule has 0 radical (unpaired) electrons. The third-order valence-corrected chi connectivity index (χ3v) is 7.11. The summed E-state index contributed by atoms with van der Waals surface area (Å²) < 4.78 is 5.66. The van der Waals surface area contributed by atoms with Crippen LogP contribution in [-0.2, 0) is 14.3 Å². The van der Waals surface area contributed by atoms with Gasteiger partial charge in [-0.05, 0) is 41.5 Å². The maximum Gasteiger partial charge on any atom is 0.407 e. The summed E-state index contributed by atoms with van der Waals surface area (Å²) in [4.78, 5) is 36.7. The first-order valence-corrected chi connectivity index (χ1v) is 12.1. The Labute approximate surface area is 199 Å². The Morgan fingerprint density at radius 2 is 1.62 bits per heavy atom. The first kappa shape index (κ1) is 23.8. The summed E-state index contributed by atoms with van der Waals surface area (Å²) in [6, 6.07) is 16.0. The third kappa shape index (κ3) is 5.08. The number of aliphatic carboxylic acids is 1. The molecule has 34 heavy (non-hydrogen) atoms. The van der Waals surface area contributed by atoms with Crippen LogP contribution in [0.3, 0.4) is 0 Å². The number of benzene rings is 2. The molecule has 1 fully saturated rings. The average molecular weight is 465 g/mol. The second kappa shape index (κ2) is 10.7. The van der Waals surface area contributed by atoms with Crippen molar-refractivity contribution in [3.8, 4) is 11.1 Å². The van der Waals surface area contributed by atoms with Crippen LogP contribution in [0.5, 0.6) is 0 Å². The maximum absolute atomic E-state index is 12.8. The molecule has 0 bridgehead atoms. The number of carbonyl (C=O) groups excluding carboxylic acids is 2. The lowest BCUT2D eigenvalue weighted by Crippen LogP contribution is -2.49. The van der Waals surface area contributed by atoms with E-state index < -0.39 is 18.0 Å². The predicted molar refractivity (Wildman–Crippen MR) is 128 cm³/mol. The van der Waals surface area contributed by atoms with Crippen molar-refractivity contribution in [2.75, 3.05) is 13.2 Å². The molecule has 0 saturated heterocycles. The molecule has 0 heterocycles. The van der Waals surface area contributed by atoms with Crippen molar-refractivity contribution >= 4 is 18.0 Å². The van der Waals surface area contributed by atoms with Crippen molar-refractivity contribution in [2.45, 2.75) is 51.0 Å². The van der Waals surface area contributed by atoms with Crippen LogP contribution in [0.15, 0.2) is 48.5 Å². The zero-order chi connectivity index (χ0) is 24.1. The Kier molecular flexibility index (Phi) is 7.50. The van der Waals surface area contributed by atoms with Gasteiger partial charge in [0.25, 0.3) is 0 Å². The summed E-state index contributed by atoms with van der Waals surface area (Å²) in [5.41, 5.74) is 4.64. The predicted octanol–water partition coefficient (Wildman–Crippen LogP) is 4.31. The van der Waals surface area contributed by atoms with Crippen LogP contribution in [0.2, 0.25) is 0 Å². The maximum atomic E-state index is 12.8. The van der Waals surface area contributed by atoms with Crippen LogP contribution in [-0.4, -0.2) is 42.3 Å². The molecule has 3 N–H and O–H groups in total. The largest absolute Gasteiger partial charge is 0.481 e. The monoisotopic (exact) mass is 464 g/mol. The van der Waals surface area contributed by atoms with Crippen molar-refractivity contribution in [1.29, 1.82) is 0 Å². The molecule has 4 rings (SSSR count). The zero-order valence-electron chi connectivity index (χ0n) is 19.5. The first-order chi connectivity index (χ1) is 16.5. The van der Waals surface area contributed by atoms with Gasteiger partial charge in [0.1, 0.15) is 6.61 Å². The third-order valence-electron chi connectivity index (χ3n) is 7.11. The molecule has 7 nitrogen and oxygen atoms in total. The van der Waals surface area contributed by atoms with Gasteiger partial charge in [0, 0.05) is 18.5 Å². The molecule has 2 aliphatic rings. The molecule has 1 unspecified atom stereocenters. The first-order valence-electron chi connectivity index (χ1n) is 12.1. The average Bonchev–Trinajstić information content (AvgIpc) is 3.17. The number of amides is 2. The lowest BCUT2D eigenvalue weighted by Gasteiger charge is -2.31. The lowest BCUT2D eigenvalue weighted by molar-refractivity contribution is -0.141. The van der Waals surface area contributed by atoms with Crippen molar-refractivity contribution in [3.05, 3.63) is 59.7 Å². The number of fused-ring (bicyclic) bond motifs is 3. The molecular weight excluding hydrogens is 432 g/mol. The summed E-state index contributed by atoms with van der Waals surface area (Å²) >= 11 is 0. The number of ether oxygens (including phenoxy) is 1. The van der Waals surface area contributed by atoms with Crippen molar-refractivity contribution < 1.29 is 24.2 Å². The Morgan fingerprint density at radius 3 is 2.24 bits per heavy atom. The molecule has 180 valence electrons. The van der Waals surface area contributed by atoms with Gasteiger partial charge < -0.3 is 20.5 Å². The van der Waals surface area contributed by atoms with Gasteiger partial charge in [-0.1, -0.05) is 68.3 Å². The smallest absolute Gasteiger partial charge is 0.407 e. The highest BCUT2D eigenvalue weighted by Crippen LogP contribution is 2.44. The van der Waals surface area contributed by atoms with E-state index in [-0.39, 0.29) is 36.9 Å². The van der Waals surface area contributed by atoms with E-state index in [1.54, 1.807) is 6.92 Å². The number of nitrogens with one attached hydrogen (secondary N) is 2. The normalized spacial score (nSPS) is 20.0. The lowest BCUT2D eigenvalue weighted by atomic mass is 9.84. The van der Waals surface area contributed by atoms with E-state index >= 15 is 0 Å². The van der Waals surface area contributed by atoms with Crippen molar-refractivity contribution in [1.82, 2.24) is 10.6 Å². The van der Waals surface area contributed by atoms with E-state index in [2.05, 4.69) is 34.9 Å². The Bertz CT molecular complexity index is 1010. The van der Waals surface area contributed by atoms with E-state index in [0.717, 1.165) is 24.0 Å². The van der Waals surface area contributed by atoms with Gasteiger partial charge in [0.2, 0.25) is 5.91 Å². The highest BCUT2D eigenvalue weighted by atomic mass is 16.5. The topological polar surface area (TPSA) is 105 Å². The number of carboxylic acid groups (broad SMARTS) is 1. The number of carbonyl (C=O) groups is 3. The number of hydrogen-bond acceptors (Lipinski definition) is 4. The molecular formula is C27H32N2O5. The molecule has 2 aromatic rings. The minimum absolute atomic E-state index is 0.0226. The Hall–Kier alpha value is -3.35. The standard InChI is InChI=1S/C27H32N2O5/c1-2-17(26(31)32)15-28-25(30)22-13-7-8-14-24(22)29-27(33)34-16-23-20-11-5-3-9-18(20)19-10-4-6-12-21(19)23/h3-6,9-12,17,22-24H,2,7-8,13-16H2,1H3,(H,28,30)(H,29,33)(H,31,32)/t17?,22-,24+/m0/s1. The highest BCUT2D eigenvalue weighted by Gasteiger charge is 2.34. The Balaban J connectivity index is 1.36. The fraction of sp³-hybridized carbons (Fsp3) is 0.444. The van der Waals surface area contributed by atoms with E-state index in [1.165, 1.54) is 11.1 Å². The number of carboxylic acids is 1. The number of hydrogen-bond donors (Lipinski definition) is 3. The van der Waals surface area contributed by atoms with Crippen LogP contribution < -0.4 is 10.6 Å². The summed E-state index contributed by atoms with van der Waals surface area (Å²) in [6.45, 7) is 2.10. The van der Waals surface area contributed by atoms with Gasteiger partial charge in [0.15, 0.2) is 0 Å². The molecule has 0 aliphatic heterocycles. The SMILES string of the molecule is CCC(CNC(=O)[C@H]1CCCC[C@H]1NC(=O)OCC1c2ccccc2-c2ccccc21)C(=O)O. The second-order valence-corrected chi connectivity index (χ2v) is 9.16. The summed E-state index contributed by atoms with van der Waals surface area (Å²) in [5, 5.41) is 14.9. The number of rotatable bonds is 8. The van der Waals surface area contributed by atoms with Gasteiger partial charge >= 0.3 is 12.1 Å². The molecule has 7 heteroatoms. The molecule has 1 saturated carbocycles. The molecule has 2 aromatic carbocycles. The van der Waals surface area contributed by atoms with Crippen LogP contribution in [0, 0.1) is 11.8 Å². The fourth-order valence-electron chi connectivity index (χ4n) is 5.17. The van der Waals surface area contributed by atoms with E-state index in [4.69, 9.17) is 4.74 Å². The van der Waals surface area contributed by atoms with Crippen LogP contribution >= 0.6 is 0 Å². The molecule has 2 amide bonds. The van der Waals surface area contributed by atoms with E-state index in [0.29, 0.717) is 19.3 Å². The van der Waals surface area contributed by atoms with Crippen molar-refractivity contribution in [3.63, 3.8) is 0 Å². The quantitative estimate of drug-likeness (QED) is 0.540. The molecule has 0 spiro atoms. The van der Waals surface area contributed by atoms with Crippen molar-refractivity contribution in [2.24, 2.45) is 11.8 Å². The van der Waals surface area contributed by atoms with Gasteiger partial charge in [-0.2, -0.15) is 0 Å².